The van der Waals surface area contributed by atoms with Crippen LogP contribution in [0.4, 0.5) is 0 Å². The Labute approximate surface area is 161 Å². The van der Waals surface area contributed by atoms with Gasteiger partial charge in [-0.1, -0.05) is 12.1 Å². The molecule has 0 unspecified atom stereocenters. The van der Waals surface area contributed by atoms with Gasteiger partial charge in [0.2, 0.25) is 0 Å². The van der Waals surface area contributed by atoms with Crippen LogP contribution < -0.4 is 0 Å². The predicted molar refractivity (Wildman–Crippen MR) is 95.5 cm³/mol. The maximum atomic E-state index is 3.78. The zero-order valence-corrected chi connectivity index (χ0v) is 18.5. The summed E-state index contributed by atoms with van der Waals surface area (Å²) in [4.78, 5) is 7.57. The molecule has 0 aliphatic rings. The number of hydrogen-bond donors (Lipinski definition) is 0. The molecule has 0 fully saturated rings. The number of hydrogen-bond acceptors (Lipinski definition) is 2. The molecule has 17 heavy (non-hydrogen) atoms. The van der Waals surface area contributed by atoms with Crippen molar-refractivity contribution in [2.45, 2.75) is 0 Å². The van der Waals surface area contributed by atoms with Gasteiger partial charge in [-0.25, -0.2) is 0 Å². The van der Waals surface area contributed by atoms with Gasteiger partial charge in [0.1, 0.15) is 0 Å². The molecule has 7 heteroatoms. The summed E-state index contributed by atoms with van der Waals surface area (Å²) >= 11 is 0. The number of nitrogens with zero attached hydrogens (tertiary/aromatic N) is 2. The molecule has 2 heterocycles. The van der Waals surface area contributed by atoms with Crippen molar-refractivity contribution in [2.24, 2.45) is 0 Å². The zero-order valence-electron chi connectivity index (χ0n) is 8.80. The molecule has 0 aliphatic carbocycles. The van der Waals surface area contributed by atoms with Crippen LogP contribution in [0.25, 0.3) is 0 Å². The Hall–Kier alpha value is 1.02. The van der Waals surface area contributed by atoms with Crippen LogP contribution in [0.2, 0.25) is 0 Å². The van der Waals surface area contributed by atoms with Gasteiger partial charge in [0.15, 0.2) is 0 Å². The van der Waals surface area contributed by atoms with E-state index in [0.29, 0.717) is 0 Å². The molecule has 2 aromatic heterocycles. The second kappa shape index (κ2) is 25.8. The van der Waals surface area contributed by atoms with Crippen LogP contribution >= 0.6 is 67.9 Å². The van der Waals surface area contributed by atoms with E-state index < -0.39 is 0 Å². The van der Waals surface area contributed by atoms with E-state index in [-0.39, 0.29) is 91.8 Å². The van der Waals surface area contributed by atoms with E-state index in [0.717, 1.165) is 0 Å². The monoisotopic (exact) mass is 598 g/mol. The summed E-state index contributed by atoms with van der Waals surface area (Å²) in [7, 11) is 0. The second-order valence-corrected chi connectivity index (χ2v) is 2.05. The van der Waals surface area contributed by atoms with Gasteiger partial charge >= 0.3 is 0 Å². The van der Waals surface area contributed by atoms with Crippen molar-refractivity contribution in [3.8, 4) is 0 Å². The first kappa shape index (κ1) is 30.8. The molecular weight excluding hydrogens is 586 g/mol. The van der Waals surface area contributed by atoms with Gasteiger partial charge in [-0.15, -0.1) is 67.9 Å². The SMILES string of the molecule is Br.Br.Br.Br.[Sn].c1ccncc1.c1ccncc1. The summed E-state index contributed by atoms with van der Waals surface area (Å²) in [6.45, 7) is 0. The third kappa shape index (κ3) is 22.6. The van der Waals surface area contributed by atoms with Crippen LogP contribution in [0.3, 0.4) is 0 Å². The van der Waals surface area contributed by atoms with Gasteiger partial charge in [-0.2, -0.15) is 0 Å². The molecule has 0 spiro atoms. The van der Waals surface area contributed by atoms with Gasteiger partial charge in [0.05, 0.1) is 0 Å². The van der Waals surface area contributed by atoms with Gasteiger partial charge in [0.25, 0.3) is 0 Å². The zero-order chi connectivity index (χ0) is 8.49. The molecule has 2 nitrogen and oxygen atoms in total. The van der Waals surface area contributed by atoms with Crippen molar-refractivity contribution in [2.75, 3.05) is 0 Å². The van der Waals surface area contributed by atoms with Crippen molar-refractivity contribution in [3.05, 3.63) is 61.2 Å². The first-order valence-electron chi connectivity index (χ1n) is 3.70. The van der Waals surface area contributed by atoms with Crippen molar-refractivity contribution < 1.29 is 0 Å². The molecule has 4 radical (unpaired) electrons. The van der Waals surface area contributed by atoms with E-state index in [1.165, 1.54) is 0 Å². The van der Waals surface area contributed by atoms with Gasteiger partial charge < -0.3 is 0 Å². The fourth-order valence-corrected chi connectivity index (χ4v) is 0.625. The largest absolute Gasteiger partial charge is 0.265 e. The molecule has 0 aliphatic heterocycles. The van der Waals surface area contributed by atoms with E-state index in [1.807, 2.05) is 36.4 Å². The van der Waals surface area contributed by atoms with Gasteiger partial charge in [-0.3, -0.25) is 9.97 Å². The van der Waals surface area contributed by atoms with E-state index in [4.69, 9.17) is 0 Å². The van der Waals surface area contributed by atoms with E-state index in [9.17, 15) is 0 Å². The Balaban J connectivity index is -0.0000000436. The van der Waals surface area contributed by atoms with Crippen LogP contribution in [0.15, 0.2) is 61.2 Å². The summed E-state index contributed by atoms with van der Waals surface area (Å²) in [5.74, 6) is 0. The summed E-state index contributed by atoms with van der Waals surface area (Å²) in [6, 6.07) is 11.4. The smallest absolute Gasteiger partial charge is 0.0267 e. The number of pyridine rings is 2. The van der Waals surface area contributed by atoms with E-state index in [2.05, 4.69) is 9.97 Å². The Morgan fingerprint density at radius 2 is 0.647 bits per heavy atom. The summed E-state index contributed by atoms with van der Waals surface area (Å²) in [5, 5.41) is 0. The van der Waals surface area contributed by atoms with Crippen molar-refractivity contribution >= 4 is 91.8 Å². The van der Waals surface area contributed by atoms with Crippen LogP contribution in [0.5, 0.6) is 0 Å². The maximum Gasteiger partial charge on any atom is 0.0267 e. The predicted octanol–water partition coefficient (Wildman–Crippen LogP) is 4.09. The van der Waals surface area contributed by atoms with E-state index in [1.54, 1.807) is 24.8 Å². The Morgan fingerprint density at radius 1 is 0.412 bits per heavy atom. The van der Waals surface area contributed by atoms with E-state index >= 15 is 0 Å². The van der Waals surface area contributed by atoms with Crippen LogP contribution in [0.1, 0.15) is 0 Å². The summed E-state index contributed by atoms with van der Waals surface area (Å²) < 4.78 is 0. The minimum Gasteiger partial charge on any atom is -0.265 e. The second-order valence-electron chi connectivity index (χ2n) is 2.05. The summed E-state index contributed by atoms with van der Waals surface area (Å²) in [6.07, 6.45) is 7.00. The Morgan fingerprint density at radius 3 is 0.706 bits per heavy atom. The number of rotatable bonds is 0. The number of aromatic nitrogens is 2. The average molecular weight is 601 g/mol. The third-order valence-corrected chi connectivity index (χ3v) is 1.13. The Bertz CT molecular complexity index is 202. The average Bonchev–Trinajstić information content (AvgIpc) is 2.24. The normalized spacial score (nSPS) is 5.65. The Kier molecular flexibility index (Phi) is 46.7. The molecule has 96 valence electrons. The molecule has 0 amide bonds. The molecule has 0 atom stereocenters. The quantitative estimate of drug-likeness (QED) is 0.426. The maximum absolute atomic E-state index is 3.78. The fraction of sp³-hybridized carbons (Fsp3) is 0. The van der Waals surface area contributed by atoms with Gasteiger partial charge in [-0.05, 0) is 24.3 Å². The van der Waals surface area contributed by atoms with Crippen LogP contribution in [-0.4, -0.2) is 33.9 Å². The van der Waals surface area contributed by atoms with Crippen molar-refractivity contribution in [3.63, 3.8) is 0 Å². The minimum absolute atomic E-state index is 0. The molecule has 2 aromatic rings. The molecular formula is C10H14Br4N2Sn. The first-order chi connectivity index (χ1) is 6.00. The fourth-order valence-electron chi connectivity index (χ4n) is 0.625. The molecule has 0 saturated heterocycles. The van der Waals surface area contributed by atoms with Crippen molar-refractivity contribution in [1.82, 2.24) is 9.97 Å². The minimum atomic E-state index is 0. The molecule has 0 aromatic carbocycles. The first-order valence-corrected chi connectivity index (χ1v) is 3.70. The number of halogens is 4. The van der Waals surface area contributed by atoms with Crippen LogP contribution in [0, 0.1) is 0 Å². The molecule has 0 N–H and O–H groups in total. The van der Waals surface area contributed by atoms with Crippen LogP contribution in [-0.2, 0) is 0 Å². The van der Waals surface area contributed by atoms with Crippen molar-refractivity contribution in [1.29, 1.82) is 0 Å². The van der Waals surface area contributed by atoms with Gasteiger partial charge in [0, 0.05) is 48.7 Å². The molecule has 2 rings (SSSR count). The topological polar surface area (TPSA) is 25.8 Å². The summed E-state index contributed by atoms with van der Waals surface area (Å²) in [5.41, 5.74) is 0. The standard InChI is InChI=1S/2C5H5N.4BrH.Sn/c2*1-2-4-6-5-3-1;;;;;/h2*1-5H;4*1H;. The molecule has 0 bridgehead atoms. The third-order valence-electron chi connectivity index (χ3n) is 1.13. The molecule has 0 saturated carbocycles.